The average molecular weight is 313 g/mol. The zero-order valence-electron chi connectivity index (χ0n) is 13.6. The summed E-state index contributed by atoms with van der Waals surface area (Å²) < 4.78 is 0. The molecule has 1 atom stereocenters. The number of allylic oxidation sites excluding steroid dienone is 2. The molecule has 0 saturated carbocycles. The Morgan fingerprint density at radius 3 is 2.58 bits per heavy atom. The van der Waals surface area contributed by atoms with Gasteiger partial charge in [0.2, 0.25) is 0 Å². The number of benzene rings is 2. The largest absolute Gasteiger partial charge is 0.283 e. The molecule has 0 radical (unpaired) electrons. The van der Waals surface area contributed by atoms with Gasteiger partial charge in [-0.15, -0.1) is 0 Å². The molecular formula is C21H19N3. The number of rotatable bonds is 2. The van der Waals surface area contributed by atoms with Crippen molar-refractivity contribution in [1.29, 1.82) is 0 Å². The molecule has 0 fully saturated rings. The maximum absolute atomic E-state index is 4.69. The van der Waals surface area contributed by atoms with E-state index in [4.69, 9.17) is 5.10 Å². The normalized spacial score (nSPS) is 19.1. The highest BCUT2D eigenvalue weighted by atomic mass is 15.3. The molecule has 24 heavy (non-hydrogen) atoms. The molecule has 1 N–H and O–H groups in total. The van der Waals surface area contributed by atoms with Gasteiger partial charge in [0.05, 0.1) is 5.71 Å². The summed E-state index contributed by atoms with van der Waals surface area (Å²) in [5.41, 5.74) is 7.85. The number of hydrogen-bond donors (Lipinski definition) is 1. The van der Waals surface area contributed by atoms with Gasteiger partial charge in [-0.3, -0.25) is 10.4 Å². The van der Waals surface area contributed by atoms with Gasteiger partial charge in [-0.05, 0) is 47.0 Å². The van der Waals surface area contributed by atoms with Crippen molar-refractivity contribution in [2.75, 3.05) is 0 Å². The summed E-state index contributed by atoms with van der Waals surface area (Å²) in [4.78, 5) is 4.15. The van der Waals surface area contributed by atoms with Crippen LogP contribution in [0.25, 0.3) is 10.8 Å². The van der Waals surface area contributed by atoms with Crippen molar-refractivity contribution in [3.05, 3.63) is 89.9 Å². The standard InChI is InChI=1S/C21H19N3/c1-2-19-14-20(16-9-11-22-12-10-16)21(24-23-19)18-8-7-15-5-3-4-6-17(15)13-18/h2-13,20,23H,14H2,1H3. The Balaban J connectivity index is 1.81. The molecule has 0 amide bonds. The minimum Gasteiger partial charge on any atom is -0.283 e. The first-order chi connectivity index (χ1) is 11.8. The van der Waals surface area contributed by atoms with Crippen LogP contribution in [-0.4, -0.2) is 10.7 Å². The summed E-state index contributed by atoms with van der Waals surface area (Å²) in [6.45, 7) is 2.04. The van der Waals surface area contributed by atoms with Crippen LogP contribution in [0, 0.1) is 0 Å². The van der Waals surface area contributed by atoms with Crippen molar-refractivity contribution in [3.8, 4) is 0 Å². The number of nitrogens with zero attached hydrogens (tertiary/aromatic N) is 2. The highest BCUT2D eigenvalue weighted by Crippen LogP contribution is 2.31. The molecule has 1 aromatic heterocycles. The number of aromatic nitrogens is 1. The minimum absolute atomic E-state index is 0.238. The molecule has 2 heterocycles. The predicted octanol–water partition coefficient (Wildman–Crippen LogP) is 4.62. The van der Waals surface area contributed by atoms with Crippen LogP contribution < -0.4 is 5.43 Å². The first-order valence-corrected chi connectivity index (χ1v) is 8.23. The van der Waals surface area contributed by atoms with Gasteiger partial charge in [-0.2, -0.15) is 5.10 Å². The number of fused-ring (bicyclic) bond motifs is 1. The van der Waals surface area contributed by atoms with Gasteiger partial charge in [0.15, 0.2) is 0 Å². The second kappa shape index (κ2) is 6.28. The maximum Gasteiger partial charge on any atom is 0.0758 e. The highest BCUT2D eigenvalue weighted by molar-refractivity contribution is 6.07. The van der Waals surface area contributed by atoms with Crippen LogP contribution in [0.15, 0.2) is 83.9 Å². The second-order valence-electron chi connectivity index (χ2n) is 6.02. The van der Waals surface area contributed by atoms with E-state index in [-0.39, 0.29) is 5.92 Å². The third kappa shape index (κ3) is 2.69. The van der Waals surface area contributed by atoms with E-state index in [2.05, 4.69) is 71.1 Å². The molecule has 1 aliphatic rings. The molecule has 118 valence electrons. The van der Waals surface area contributed by atoms with E-state index in [9.17, 15) is 0 Å². The van der Waals surface area contributed by atoms with Gasteiger partial charge >= 0.3 is 0 Å². The molecule has 3 heteroatoms. The van der Waals surface area contributed by atoms with Crippen LogP contribution >= 0.6 is 0 Å². The lowest BCUT2D eigenvalue weighted by Crippen LogP contribution is -2.26. The Morgan fingerprint density at radius 1 is 1.00 bits per heavy atom. The molecule has 0 aliphatic carbocycles. The van der Waals surface area contributed by atoms with E-state index in [0.717, 1.165) is 23.4 Å². The third-order valence-electron chi connectivity index (χ3n) is 4.58. The van der Waals surface area contributed by atoms with Gasteiger partial charge < -0.3 is 0 Å². The number of pyridine rings is 1. The first kappa shape index (κ1) is 14.6. The Morgan fingerprint density at radius 2 is 1.79 bits per heavy atom. The lowest BCUT2D eigenvalue weighted by molar-refractivity contribution is 0.706. The van der Waals surface area contributed by atoms with Crippen molar-refractivity contribution in [1.82, 2.24) is 10.4 Å². The Bertz CT molecular complexity index is 926. The second-order valence-corrected chi connectivity index (χ2v) is 6.02. The van der Waals surface area contributed by atoms with Crippen molar-refractivity contribution < 1.29 is 0 Å². The number of hydrogen-bond acceptors (Lipinski definition) is 3. The quantitative estimate of drug-likeness (QED) is 0.749. The maximum atomic E-state index is 4.69. The van der Waals surface area contributed by atoms with Crippen LogP contribution in [0.1, 0.15) is 30.4 Å². The van der Waals surface area contributed by atoms with Crippen molar-refractivity contribution in [2.45, 2.75) is 19.3 Å². The van der Waals surface area contributed by atoms with Crippen LogP contribution in [0.5, 0.6) is 0 Å². The van der Waals surface area contributed by atoms with Gasteiger partial charge in [-0.25, -0.2) is 0 Å². The molecule has 3 nitrogen and oxygen atoms in total. The molecule has 4 rings (SSSR count). The molecule has 1 aliphatic heterocycles. The fraction of sp³-hybridized carbons (Fsp3) is 0.143. The molecule has 0 bridgehead atoms. The van der Waals surface area contributed by atoms with Gasteiger partial charge in [0.25, 0.3) is 0 Å². The topological polar surface area (TPSA) is 37.3 Å². The highest BCUT2D eigenvalue weighted by Gasteiger charge is 2.25. The first-order valence-electron chi connectivity index (χ1n) is 8.23. The third-order valence-corrected chi connectivity index (χ3v) is 4.58. The Kier molecular flexibility index (Phi) is 3.83. The summed E-state index contributed by atoms with van der Waals surface area (Å²) in [5, 5.41) is 7.18. The van der Waals surface area contributed by atoms with Gasteiger partial charge in [-0.1, -0.05) is 42.5 Å². The lowest BCUT2D eigenvalue weighted by Gasteiger charge is -2.26. The van der Waals surface area contributed by atoms with E-state index in [0.29, 0.717) is 0 Å². The molecule has 0 saturated heterocycles. The molecular weight excluding hydrogens is 294 g/mol. The summed E-state index contributed by atoms with van der Waals surface area (Å²) in [6.07, 6.45) is 6.72. The number of hydrazone groups is 1. The molecule has 1 unspecified atom stereocenters. The zero-order valence-corrected chi connectivity index (χ0v) is 13.6. The van der Waals surface area contributed by atoms with E-state index < -0.39 is 0 Å². The van der Waals surface area contributed by atoms with E-state index in [1.165, 1.54) is 16.3 Å². The van der Waals surface area contributed by atoms with Crippen molar-refractivity contribution >= 4 is 16.5 Å². The minimum atomic E-state index is 0.238. The lowest BCUT2D eigenvalue weighted by atomic mass is 9.85. The van der Waals surface area contributed by atoms with E-state index in [1.807, 2.05) is 19.3 Å². The Hall–Kier alpha value is -2.94. The zero-order chi connectivity index (χ0) is 16.4. The molecule has 0 spiro atoms. The SMILES string of the molecule is CC=C1CC(c2ccncc2)C(c2ccc3ccccc3c2)=NN1. The van der Waals surface area contributed by atoms with Crippen molar-refractivity contribution in [2.24, 2.45) is 5.10 Å². The fourth-order valence-electron chi connectivity index (χ4n) is 3.24. The van der Waals surface area contributed by atoms with Gasteiger partial charge in [0, 0.05) is 30.4 Å². The fourth-order valence-corrected chi connectivity index (χ4v) is 3.24. The summed E-state index contributed by atoms with van der Waals surface area (Å²) >= 11 is 0. The smallest absolute Gasteiger partial charge is 0.0758 e. The number of nitrogens with one attached hydrogen (secondary N) is 1. The monoisotopic (exact) mass is 313 g/mol. The Labute approximate surface area is 141 Å². The summed E-state index contributed by atoms with van der Waals surface area (Å²) in [5.74, 6) is 0.238. The van der Waals surface area contributed by atoms with Gasteiger partial charge in [0.1, 0.15) is 0 Å². The van der Waals surface area contributed by atoms with E-state index >= 15 is 0 Å². The van der Waals surface area contributed by atoms with Crippen LogP contribution in [0.2, 0.25) is 0 Å². The van der Waals surface area contributed by atoms with Crippen LogP contribution in [-0.2, 0) is 0 Å². The predicted molar refractivity (Wildman–Crippen MR) is 99.0 cm³/mol. The molecule has 3 aromatic rings. The summed E-state index contributed by atoms with van der Waals surface area (Å²) in [6, 6.07) is 19.2. The van der Waals surface area contributed by atoms with E-state index in [1.54, 1.807) is 0 Å². The van der Waals surface area contributed by atoms with Crippen LogP contribution in [0.4, 0.5) is 0 Å². The summed E-state index contributed by atoms with van der Waals surface area (Å²) in [7, 11) is 0. The average Bonchev–Trinajstić information content (AvgIpc) is 2.68. The van der Waals surface area contributed by atoms with Crippen molar-refractivity contribution in [3.63, 3.8) is 0 Å². The van der Waals surface area contributed by atoms with Crippen LogP contribution in [0.3, 0.4) is 0 Å². The molecule has 2 aromatic carbocycles.